The second-order valence-electron chi connectivity index (χ2n) is 9.63. The topological polar surface area (TPSA) is 75.4 Å². The van der Waals surface area contributed by atoms with Crippen molar-refractivity contribution in [1.29, 1.82) is 0 Å². The van der Waals surface area contributed by atoms with Crippen molar-refractivity contribution in [3.63, 3.8) is 0 Å². The Hall–Kier alpha value is -2.80. The van der Waals surface area contributed by atoms with E-state index in [1.54, 1.807) is 12.1 Å². The monoisotopic (exact) mass is 469 g/mol. The molecule has 2 aliphatic carbocycles. The lowest BCUT2D eigenvalue weighted by molar-refractivity contribution is -0.141. The third-order valence-corrected chi connectivity index (χ3v) is 7.08. The first kappa shape index (κ1) is 24.3. The van der Waals surface area contributed by atoms with Gasteiger partial charge in [0.1, 0.15) is 11.6 Å². The molecule has 2 amide bonds. The fourth-order valence-electron chi connectivity index (χ4n) is 5.30. The van der Waals surface area contributed by atoms with Crippen molar-refractivity contribution < 1.29 is 18.4 Å². The molecule has 2 unspecified atom stereocenters. The molecule has 2 saturated carbocycles. The first-order chi connectivity index (χ1) is 16.4. The average molecular weight is 470 g/mol. The number of nitrogens with zero attached hydrogens (tertiary/aromatic N) is 1. The van der Waals surface area contributed by atoms with Crippen molar-refractivity contribution in [3.05, 3.63) is 65.2 Å². The molecule has 182 valence electrons. The number of carbonyl (C=O) groups is 2. The quantitative estimate of drug-likeness (QED) is 0.595. The molecule has 2 fully saturated rings. The van der Waals surface area contributed by atoms with Crippen molar-refractivity contribution in [2.75, 3.05) is 5.32 Å². The van der Waals surface area contributed by atoms with Gasteiger partial charge in [-0.1, -0.05) is 44.2 Å². The van der Waals surface area contributed by atoms with Gasteiger partial charge in [-0.3, -0.25) is 9.59 Å². The second-order valence-corrected chi connectivity index (χ2v) is 9.63. The van der Waals surface area contributed by atoms with Crippen LogP contribution in [0.2, 0.25) is 0 Å². The molecular formula is C27H33F2N3O2. The summed E-state index contributed by atoms with van der Waals surface area (Å²) in [6.45, 7) is 0.423. The molecule has 5 nitrogen and oxygen atoms in total. The van der Waals surface area contributed by atoms with Crippen molar-refractivity contribution in [2.45, 2.75) is 76.4 Å². The lowest BCUT2D eigenvalue weighted by Crippen LogP contribution is -2.53. The number of halogens is 2. The number of nitrogens with one attached hydrogen (secondary N) is 1. The minimum absolute atomic E-state index is 0.0108. The van der Waals surface area contributed by atoms with Crippen molar-refractivity contribution >= 4 is 17.5 Å². The number of hydrogen-bond donors (Lipinski definition) is 2. The Bertz CT molecular complexity index is 1000. The van der Waals surface area contributed by atoms with Gasteiger partial charge in [0.05, 0.1) is 0 Å². The Labute approximate surface area is 199 Å². The van der Waals surface area contributed by atoms with Crippen molar-refractivity contribution in [1.82, 2.24) is 4.90 Å². The minimum Gasteiger partial charge on any atom is -0.334 e. The standard InChI is InChI=1S/C27H33F2N3O2/c28-21-14-20(15-22(29)16-21)26(33)31-23-10-6-7-18(13-23)17-32(25-12-5-4-11-24(25)30)27(34)19-8-2-1-3-9-19/h6-7,10,13-16,19,24-25H,1-5,8-9,11-12,17,30H2,(H,31,33). The summed E-state index contributed by atoms with van der Waals surface area (Å²) in [5.41, 5.74) is 7.77. The summed E-state index contributed by atoms with van der Waals surface area (Å²) >= 11 is 0. The number of carbonyl (C=O) groups excluding carboxylic acids is 2. The van der Waals surface area contributed by atoms with Crippen LogP contribution in [-0.2, 0) is 11.3 Å². The van der Waals surface area contributed by atoms with E-state index in [2.05, 4.69) is 5.32 Å². The Morgan fingerprint density at radius 2 is 1.59 bits per heavy atom. The highest BCUT2D eigenvalue weighted by molar-refractivity contribution is 6.04. The molecule has 0 heterocycles. The zero-order valence-electron chi connectivity index (χ0n) is 19.4. The molecule has 4 rings (SSSR count). The summed E-state index contributed by atoms with van der Waals surface area (Å²) in [7, 11) is 0. The highest BCUT2D eigenvalue weighted by Crippen LogP contribution is 2.30. The van der Waals surface area contributed by atoms with Gasteiger partial charge in [0, 0.05) is 41.9 Å². The van der Waals surface area contributed by atoms with E-state index in [0.717, 1.165) is 75.1 Å². The van der Waals surface area contributed by atoms with Crippen molar-refractivity contribution in [2.24, 2.45) is 11.7 Å². The summed E-state index contributed by atoms with van der Waals surface area (Å²) in [5, 5.41) is 2.71. The lowest BCUT2D eigenvalue weighted by Gasteiger charge is -2.40. The van der Waals surface area contributed by atoms with Crippen LogP contribution in [0.15, 0.2) is 42.5 Å². The number of benzene rings is 2. The molecule has 34 heavy (non-hydrogen) atoms. The van der Waals surface area contributed by atoms with Gasteiger partial charge in [-0.15, -0.1) is 0 Å². The maximum Gasteiger partial charge on any atom is 0.255 e. The maximum atomic E-state index is 13.6. The van der Waals surface area contributed by atoms with Crippen LogP contribution in [0.4, 0.5) is 14.5 Å². The predicted octanol–water partition coefficient (Wildman–Crippen LogP) is 5.40. The summed E-state index contributed by atoms with van der Waals surface area (Å²) in [6, 6.07) is 9.96. The Morgan fingerprint density at radius 1 is 0.912 bits per heavy atom. The fourth-order valence-corrected chi connectivity index (χ4v) is 5.30. The van der Waals surface area contributed by atoms with E-state index < -0.39 is 17.5 Å². The van der Waals surface area contributed by atoms with Crippen molar-refractivity contribution in [3.8, 4) is 0 Å². The number of amides is 2. The van der Waals surface area contributed by atoms with E-state index in [1.807, 2.05) is 17.0 Å². The number of rotatable bonds is 6. The van der Waals surface area contributed by atoms with E-state index in [0.29, 0.717) is 12.2 Å². The van der Waals surface area contributed by atoms with Crippen LogP contribution in [0.3, 0.4) is 0 Å². The van der Waals surface area contributed by atoms with Crippen LogP contribution in [0.25, 0.3) is 0 Å². The van der Waals surface area contributed by atoms with Gasteiger partial charge in [0.25, 0.3) is 5.91 Å². The van der Waals surface area contributed by atoms with E-state index in [1.165, 1.54) is 6.42 Å². The van der Waals surface area contributed by atoms with E-state index >= 15 is 0 Å². The first-order valence-electron chi connectivity index (χ1n) is 12.3. The molecule has 2 aliphatic rings. The van der Waals surface area contributed by atoms with Crippen LogP contribution in [-0.4, -0.2) is 28.8 Å². The van der Waals surface area contributed by atoms with E-state index in [-0.39, 0.29) is 29.5 Å². The molecule has 7 heteroatoms. The Morgan fingerprint density at radius 3 is 2.29 bits per heavy atom. The molecule has 0 spiro atoms. The highest BCUT2D eigenvalue weighted by Gasteiger charge is 2.34. The molecule has 0 aliphatic heterocycles. The number of hydrogen-bond acceptors (Lipinski definition) is 3. The number of anilines is 1. The van der Waals surface area contributed by atoms with Crippen LogP contribution >= 0.6 is 0 Å². The van der Waals surface area contributed by atoms with Crippen LogP contribution in [0.1, 0.15) is 73.7 Å². The van der Waals surface area contributed by atoms with Gasteiger partial charge in [-0.2, -0.15) is 0 Å². The molecular weight excluding hydrogens is 436 g/mol. The molecule has 0 radical (unpaired) electrons. The molecule has 0 aromatic heterocycles. The minimum atomic E-state index is -0.806. The fraction of sp³-hybridized carbons (Fsp3) is 0.481. The van der Waals surface area contributed by atoms with E-state index in [9.17, 15) is 18.4 Å². The Balaban J connectivity index is 1.52. The normalized spacial score (nSPS) is 21.1. The lowest BCUT2D eigenvalue weighted by atomic mass is 9.85. The first-order valence-corrected chi connectivity index (χ1v) is 12.3. The van der Waals surface area contributed by atoms with Gasteiger partial charge in [0.2, 0.25) is 5.91 Å². The molecule has 2 atom stereocenters. The summed E-state index contributed by atoms with van der Waals surface area (Å²) < 4.78 is 27.0. The third kappa shape index (κ3) is 6.00. The predicted molar refractivity (Wildman–Crippen MR) is 128 cm³/mol. The van der Waals surface area contributed by atoms with Crippen LogP contribution in [0, 0.1) is 17.6 Å². The highest BCUT2D eigenvalue weighted by atomic mass is 19.1. The third-order valence-electron chi connectivity index (χ3n) is 7.08. The zero-order valence-corrected chi connectivity index (χ0v) is 19.4. The molecule has 3 N–H and O–H groups in total. The summed E-state index contributed by atoms with van der Waals surface area (Å²) in [6.07, 6.45) is 9.18. The van der Waals surface area contributed by atoms with Gasteiger partial charge < -0.3 is 16.0 Å². The van der Waals surface area contributed by atoms with Gasteiger partial charge in [0.15, 0.2) is 0 Å². The van der Waals surface area contributed by atoms with Gasteiger partial charge in [-0.05, 0) is 55.5 Å². The van der Waals surface area contributed by atoms with Crippen LogP contribution in [0.5, 0.6) is 0 Å². The summed E-state index contributed by atoms with van der Waals surface area (Å²) in [4.78, 5) is 28.1. The molecule has 0 bridgehead atoms. The second kappa shape index (κ2) is 11.1. The van der Waals surface area contributed by atoms with E-state index in [4.69, 9.17) is 5.73 Å². The number of nitrogens with two attached hydrogens (primary N) is 1. The smallest absolute Gasteiger partial charge is 0.255 e. The SMILES string of the molecule is NC1CCCCC1N(Cc1cccc(NC(=O)c2cc(F)cc(F)c2)c1)C(=O)C1CCCCC1. The molecule has 2 aromatic carbocycles. The zero-order chi connectivity index (χ0) is 24.1. The molecule has 0 saturated heterocycles. The maximum absolute atomic E-state index is 13.6. The molecule has 2 aromatic rings. The van der Waals surface area contributed by atoms with Gasteiger partial charge in [-0.25, -0.2) is 8.78 Å². The summed E-state index contributed by atoms with van der Waals surface area (Å²) in [5.74, 6) is -1.97. The van der Waals surface area contributed by atoms with Crippen LogP contribution < -0.4 is 11.1 Å². The largest absolute Gasteiger partial charge is 0.334 e. The Kier molecular flexibility index (Phi) is 7.93. The average Bonchev–Trinajstić information content (AvgIpc) is 2.83. The van der Waals surface area contributed by atoms with Gasteiger partial charge >= 0.3 is 0 Å².